The van der Waals surface area contributed by atoms with Crippen molar-refractivity contribution >= 4 is 48.9 Å². The fourth-order valence-electron chi connectivity index (χ4n) is 2.86. The second kappa shape index (κ2) is 10.2. The van der Waals surface area contributed by atoms with E-state index in [1.807, 2.05) is 18.2 Å². The van der Waals surface area contributed by atoms with E-state index < -0.39 is 10.0 Å². The summed E-state index contributed by atoms with van der Waals surface area (Å²) in [6.07, 6.45) is 0.573. The van der Waals surface area contributed by atoms with Gasteiger partial charge in [-0.15, -0.1) is 11.3 Å². The Morgan fingerprint density at radius 2 is 1.77 bits per heavy atom. The summed E-state index contributed by atoms with van der Waals surface area (Å²) in [5.74, 6) is 0.881. The van der Waals surface area contributed by atoms with E-state index in [4.69, 9.17) is 9.47 Å². The first kappa shape index (κ1) is 23.1. The van der Waals surface area contributed by atoms with Crippen molar-refractivity contribution < 1.29 is 22.7 Å². The summed E-state index contributed by atoms with van der Waals surface area (Å²) in [5.41, 5.74) is 1.43. The fraction of sp³-hybridized carbons (Fsp3) is 0.190. The highest BCUT2D eigenvalue weighted by atomic mass is 79.9. The molecule has 0 aliphatic rings. The van der Waals surface area contributed by atoms with Crippen molar-refractivity contribution in [3.63, 3.8) is 0 Å². The van der Waals surface area contributed by atoms with E-state index >= 15 is 0 Å². The number of rotatable bonds is 9. The summed E-state index contributed by atoms with van der Waals surface area (Å²) in [4.78, 5) is 12.7. The van der Waals surface area contributed by atoms with Crippen LogP contribution < -0.4 is 19.5 Å². The van der Waals surface area contributed by atoms with Crippen LogP contribution in [0.3, 0.4) is 0 Å². The molecule has 0 spiro atoms. The van der Waals surface area contributed by atoms with Gasteiger partial charge in [-0.1, -0.05) is 18.2 Å². The molecule has 0 saturated carbocycles. The number of anilines is 1. The van der Waals surface area contributed by atoms with E-state index in [0.717, 1.165) is 16.9 Å². The number of amides is 1. The zero-order valence-electron chi connectivity index (χ0n) is 16.8. The summed E-state index contributed by atoms with van der Waals surface area (Å²) >= 11 is 4.35. The maximum Gasteiger partial charge on any atom is 0.271 e. The van der Waals surface area contributed by atoms with Crippen molar-refractivity contribution in [1.29, 1.82) is 0 Å². The Hall–Kier alpha value is -2.56. The summed E-state index contributed by atoms with van der Waals surface area (Å²) in [7, 11) is -0.658. The average molecular weight is 525 g/mol. The van der Waals surface area contributed by atoms with Crippen molar-refractivity contribution in [3.05, 3.63) is 69.5 Å². The molecule has 0 aliphatic carbocycles. The first-order valence-corrected chi connectivity index (χ1v) is 12.3. The van der Waals surface area contributed by atoms with Crippen LogP contribution in [0.5, 0.6) is 11.5 Å². The minimum Gasteiger partial charge on any atom is -0.493 e. The van der Waals surface area contributed by atoms with Crippen LogP contribution in [0.15, 0.2) is 62.6 Å². The number of sulfonamides is 1. The summed E-state index contributed by atoms with van der Waals surface area (Å²) < 4.78 is 39.1. The lowest BCUT2D eigenvalue weighted by Gasteiger charge is -2.13. The van der Waals surface area contributed by atoms with Gasteiger partial charge in [-0.25, -0.2) is 8.42 Å². The maximum absolute atomic E-state index is 12.7. The molecule has 0 aliphatic heterocycles. The molecular formula is C21H21BrN2O5S2. The number of para-hydroxylation sites is 1. The van der Waals surface area contributed by atoms with Gasteiger partial charge in [-0.2, -0.15) is 0 Å². The van der Waals surface area contributed by atoms with Crippen LogP contribution >= 0.6 is 27.3 Å². The normalized spacial score (nSPS) is 11.1. The number of halogens is 1. The number of nitrogens with one attached hydrogen (secondary N) is 2. The van der Waals surface area contributed by atoms with Crippen molar-refractivity contribution in [2.24, 2.45) is 0 Å². The quantitative estimate of drug-likeness (QED) is 0.435. The first-order chi connectivity index (χ1) is 14.8. The molecule has 1 aromatic heterocycles. The van der Waals surface area contributed by atoms with Gasteiger partial charge in [0.25, 0.3) is 15.9 Å². The van der Waals surface area contributed by atoms with Gasteiger partial charge in [0.1, 0.15) is 4.21 Å². The number of ether oxygens (including phenoxy) is 2. The van der Waals surface area contributed by atoms with Crippen LogP contribution in [-0.2, 0) is 16.4 Å². The minimum absolute atomic E-state index is 0.156. The molecule has 0 bridgehead atoms. The second-order valence-corrected chi connectivity index (χ2v) is 10.8. The number of hydrogen-bond acceptors (Lipinski definition) is 6. The number of methoxy groups -OCH3 is 2. The Balaban J connectivity index is 1.68. The highest BCUT2D eigenvalue weighted by Gasteiger charge is 2.20. The van der Waals surface area contributed by atoms with Gasteiger partial charge in [0, 0.05) is 6.54 Å². The topological polar surface area (TPSA) is 93.7 Å². The smallest absolute Gasteiger partial charge is 0.271 e. The molecule has 0 saturated heterocycles. The Bertz CT molecular complexity index is 1180. The molecule has 0 unspecified atom stereocenters. The molecule has 7 nitrogen and oxygen atoms in total. The molecule has 0 atom stereocenters. The standard InChI is InChI=1S/C21H21BrN2O5S2/c1-28-17-8-7-14(13-18(17)29-2)11-12-23-21(25)15-5-3-4-6-16(15)24-31(26,27)20-10-9-19(22)30-20/h3-10,13,24H,11-12H2,1-2H3,(H,23,25). The third kappa shape index (κ3) is 5.78. The van der Waals surface area contributed by atoms with Gasteiger partial charge >= 0.3 is 0 Å². The number of carbonyl (C=O) groups excluding carboxylic acids is 1. The molecule has 3 rings (SSSR count). The molecule has 3 aromatic rings. The van der Waals surface area contributed by atoms with Crippen LogP contribution in [0, 0.1) is 0 Å². The second-order valence-electron chi connectivity index (χ2n) is 6.40. The van der Waals surface area contributed by atoms with Crippen molar-refractivity contribution in [1.82, 2.24) is 5.32 Å². The summed E-state index contributed by atoms with van der Waals surface area (Å²) in [6, 6.07) is 15.2. The Kier molecular flexibility index (Phi) is 7.58. The zero-order chi connectivity index (χ0) is 22.4. The lowest BCUT2D eigenvalue weighted by atomic mass is 10.1. The summed E-state index contributed by atoms with van der Waals surface area (Å²) in [5, 5.41) is 2.83. The molecular weight excluding hydrogens is 504 g/mol. The van der Waals surface area contributed by atoms with Gasteiger partial charge < -0.3 is 14.8 Å². The van der Waals surface area contributed by atoms with Gasteiger partial charge in [0.15, 0.2) is 11.5 Å². The third-order valence-corrected chi connectivity index (χ3v) is 7.86. The molecule has 2 aromatic carbocycles. The molecule has 10 heteroatoms. The number of hydrogen-bond donors (Lipinski definition) is 2. The highest BCUT2D eigenvalue weighted by molar-refractivity contribution is 9.11. The van der Waals surface area contributed by atoms with Gasteiger partial charge in [0.2, 0.25) is 0 Å². The fourth-order valence-corrected chi connectivity index (χ4v) is 5.95. The highest BCUT2D eigenvalue weighted by Crippen LogP contribution is 2.29. The van der Waals surface area contributed by atoms with E-state index in [-0.39, 0.29) is 21.4 Å². The maximum atomic E-state index is 12.7. The number of carbonyl (C=O) groups is 1. The SMILES string of the molecule is COc1ccc(CCNC(=O)c2ccccc2NS(=O)(=O)c2ccc(Br)s2)cc1OC. The molecule has 31 heavy (non-hydrogen) atoms. The third-order valence-electron chi connectivity index (χ3n) is 4.38. The van der Waals surface area contributed by atoms with Crippen molar-refractivity contribution in [3.8, 4) is 11.5 Å². The molecule has 164 valence electrons. The average Bonchev–Trinajstić information content (AvgIpc) is 3.21. The molecule has 1 heterocycles. The van der Waals surface area contributed by atoms with Crippen molar-refractivity contribution in [2.45, 2.75) is 10.6 Å². The van der Waals surface area contributed by atoms with Crippen LogP contribution in [0.4, 0.5) is 5.69 Å². The first-order valence-electron chi connectivity index (χ1n) is 9.20. The number of thiophene rings is 1. The Labute approximate surface area is 193 Å². The van der Waals surface area contributed by atoms with Crippen LogP contribution in [-0.4, -0.2) is 35.1 Å². The lowest BCUT2D eigenvalue weighted by Crippen LogP contribution is -2.27. The monoisotopic (exact) mass is 524 g/mol. The van der Waals surface area contributed by atoms with E-state index in [0.29, 0.717) is 28.3 Å². The van der Waals surface area contributed by atoms with Gasteiger partial charge in [-0.3, -0.25) is 9.52 Å². The van der Waals surface area contributed by atoms with E-state index in [1.165, 1.54) is 6.07 Å². The molecule has 0 radical (unpaired) electrons. The van der Waals surface area contributed by atoms with Crippen LogP contribution in [0.25, 0.3) is 0 Å². The molecule has 1 amide bonds. The van der Waals surface area contributed by atoms with E-state index in [2.05, 4.69) is 26.0 Å². The van der Waals surface area contributed by atoms with Crippen molar-refractivity contribution in [2.75, 3.05) is 25.5 Å². The van der Waals surface area contributed by atoms with E-state index in [1.54, 1.807) is 44.6 Å². The predicted octanol–water partition coefficient (Wildman–Crippen LogP) is 4.30. The van der Waals surface area contributed by atoms with Crippen LogP contribution in [0.2, 0.25) is 0 Å². The predicted molar refractivity (Wildman–Crippen MR) is 125 cm³/mol. The largest absolute Gasteiger partial charge is 0.493 e. The Morgan fingerprint density at radius 3 is 2.45 bits per heavy atom. The molecule has 0 fully saturated rings. The molecule has 2 N–H and O–H groups in total. The Morgan fingerprint density at radius 1 is 1.03 bits per heavy atom. The summed E-state index contributed by atoms with van der Waals surface area (Å²) in [6.45, 7) is 0.368. The van der Waals surface area contributed by atoms with Crippen LogP contribution in [0.1, 0.15) is 15.9 Å². The minimum atomic E-state index is -3.79. The van der Waals surface area contributed by atoms with Gasteiger partial charge in [-0.05, 0) is 64.3 Å². The lowest BCUT2D eigenvalue weighted by molar-refractivity contribution is 0.0955. The zero-order valence-corrected chi connectivity index (χ0v) is 20.1. The number of benzene rings is 2. The van der Waals surface area contributed by atoms with Gasteiger partial charge in [0.05, 0.1) is 29.3 Å². The van der Waals surface area contributed by atoms with E-state index in [9.17, 15) is 13.2 Å².